The number of benzene rings is 2. The van der Waals surface area contributed by atoms with Crippen molar-refractivity contribution in [3.05, 3.63) is 84.3 Å². The summed E-state index contributed by atoms with van der Waals surface area (Å²) < 4.78 is 29.0. The standard InChI is InChI=1S/C26H23F2N5O2/c1-16-8-9-20(15-29-16)33-22-11-10-19(12-18(22)14-30-33)32-23(34)13-21(31-25(35)26(2,27)28)24(32)17-6-4-3-5-7-17/h3-12,14-15,21,24H,13H2,1-2H3,(H,31,35)/t21-,24+/m1/s1. The zero-order valence-electron chi connectivity index (χ0n) is 19.2. The number of aromatic nitrogens is 3. The Bertz CT molecular complexity index is 1400. The van der Waals surface area contributed by atoms with Gasteiger partial charge in [-0.25, -0.2) is 4.68 Å². The van der Waals surface area contributed by atoms with Gasteiger partial charge in [-0.05, 0) is 42.8 Å². The van der Waals surface area contributed by atoms with Crippen molar-refractivity contribution in [1.82, 2.24) is 20.1 Å². The van der Waals surface area contributed by atoms with Gasteiger partial charge in [-0.1, -0.05) is 30.3 Å². The van der Waals surface area contributed by atoms with E-state index in [1.165, 1.54) is 0 Å². The molecule has 4 aromatic rings. The van der Waals surface area contributed by atoms with E-state index in [2.05, 4.69) is 15.4 Å². The lowest BCUT2D eigenvalue weighted by Crippen LogP contribution is -2.46. The Labute approximate surface area is 200 Å². The molecular formula is C26H23F2N5O2. The van der Waals surface area contributed by atoms with Crippen molar-refractivity contribution in [3.8, 4) is 5.69 Å². The van der Waals surface area contributed by atoms with Crippen LogP contribution < -0.4 is 10.2 Å². The summed E-state index contributed by atoms with van der Waals surface area (Å²) in [5.74, 6) is -5.21. The first-order chi connectivity index (χ1) is 16.7. The number of fused-ring (bicyclic) bond motifs is 1. The molecule has 5 rings (SSSR count). The molecule has 0 bridgehead atoms. The molecule has 2 atom stereocenters. The van der Waals surface area contributed by atoms with Crippen LogP contribution in [0, 0.1) is 6.92 Å². The van der Waals surface area contributed by atoms with Gasteiger partial charge in [0.1, 0.15) is 0 Å². The number of carbonyl (C=O) groups excluding carboxylic acids is 2. The number of hydrogen-bond acceptors (Lipinski definition) is 4. The molecule has 9 heteroatoms. The normalized spacial score (nSPS) is 18.3. The third kappa shape index (κ3) is 4.25. The van der Waals surface area contributed by atoms with Gasteiger partial charge in [0.25, 0.3) is 5.91 Å². The Hall–Kier alpha value is -4.14. The minimum Gasteiger partial charge on any atom is -0.345 e. The lowest BCUT2D eigenvalue weighted by molar-refractivity contribution is -0.143. The van der Waals surface area contributed by atoms with Crippen molar-refractivity contribution in [2.45, 2.75) is 38.3 Å². The molecule has 1 N–H and O–H groups in total. The third-order valence-electron chi connectivity index (χ3n) is 6.15. The first-order valence-electron chi connectivity index (χ1n) is 11.2. The molecule has 2 aromatic heterocycles. The Morgan fingerprint density at radius 1 is 1.06 bits per heavy atom. The molecule has 0 unspecified atom stereocenters. The van der Waals surface area contributed by atoms with E-state index in [0.717, 1.165) is 27.8 Å². The monoisotopic (exact) mass is 475 g/mol. The van der Waals surface area contributed by atoms with E-state index in [9.17, 15) is 18.4 Å². The highest BCUT2D eigenvalue weighted by Crippen LogP contribution is 2.39. The van der Waals surface area contributed by atoms with Crippen LogP contribution in [0.25, 0.3) is 16.6 Å². The van der Waals surface area contributed by atoms with E-state index >= 15 is 0 Å². The van der Waals surface area contributed by atoms with Gasteiger partial charge in [-0.3, -0.25) is 14.6 Å². The van der Waals surface area contributed by atoms with Crippen LogP contribution in [0.2, 0.25) is 0 Å². The Morgan fingerprint density at radius 3 is 2.49 bits per heavy atom. The molecule has 1 aliphatic rings. The van der Waals surface area contributed by atoms with E-state index in [4.69, 9.17) is 0 Å². The lowest BCUT2D eigenvalue weighted by Gasteiger charge is -2.29. The molecule has 178 valence electrons. The minimum absolute atomic E-state index is 0.0896. The van der Waals surface area contributed by atoms with E-state index in [0.29, 0.717) is 12.6 Å². The number of halogens is 2. The molecule has 3 heterocycles. The van der Waals surface area contributed by atoms with Crippen LogP contribution in [0.1, 0.15) is 30.6 Å². The van der Waals surface area contributed by atoms with Crippen LogP contribution >= 0.6 is 0 Å². The molecule has 2 aromatic carbocycles. The van der Waals surface area contributed by atoms with Crippen LogP contribution in [-0.4, -0.2) is 38.5 Å². The largest absolute Gasteiger partial charge is 0.345 e. The first kappa shape index (κ1) is 22.6. The van der Waals surface area contributed by atoms with Crippen LogP contribution in [-0.2, 0) is 9.59 Å². The average molecular weight is 475 g/mol. The molecular weight excluding hydrogens is 452 g/mol. The first-order valence-corrected chi connectivity index (χ1v) is 11.2. The number of alkyl halides is 2. The van der Waals surface area contributed by atoms with Crippen molar-refractivity contribution >= 4 is 28.4 Å². The molecule has 1 saturated heterocycles. The lowest BCUT2D eigenvalue weighted by atomic mass is 9.99. The van der Waals surface area contributed by atoms with Crippen LogP contribution in [0.3, 0.4) is 0 Å². The predicted molar refractivity (Wildman–Crippen MR) is 127 cm³/mol. The van der Waals surface area contributed by atoms with E-state index in [1.54, 1.807) is 28.0 Å². The van der Waals surface area contributed by atoms with Gasteiger partial charge in [0.15, 0.2) is 0 Å². The summed E-state index contributed by atoms with van der Waals surface area (Å²) in [6, 6.07) is 17.0. The summed E-state index contributed by atoms with van der Waals surface area (Å²) in [6.45, 7) is 2.45. The number of nitrogens with one attached hydrogen (secondary N) is 1. The maximum Gasteiger partial charge on any atom is 0.321 e. The topological polar surface area (TPSA) is 80.1 Å². The smallest absolute Gasteiger partial charge is 0.321 e. The summed E-state index contributed by atoms with van der Waals surface area (Å²) in [7, 11) is 0. The van der Waals surface area contributed by atoms with E-state index < -0.39 is 23.9 Å². The number of rotatable bonds is 5. The van der Waals surface area contributed by atoms with Gasteiger partial charge in [0.05, 0.1) is 35.7 Å². The number of anilines is 1. The van der Waals surface area contributed by atoms with Gasteiger partial charge in [-0.2, -0.15) is 13.9 Å². The van der Waals surface area contributed by atoms with Gasteiger partial charge in [-0.15, -0.1) is 0 Å². The maximum absolute atomic E-state index is 13.6. The van der Waals surface area contributed by atoms with Gasteiger partial charge in [0, 0.05) is 30.1 Å². The molecule has 2 amide bonds. The van der Waals surface area contributed by atoms with E-state index in [1.807, 2.05) is 61.5 Å². The van der Waals surface area contributed by atoms with Gasteiger partial charge < -0.3 is 10.2 Å². The summed E-state index contributed by atoms with van der Waals surface area (Å²) >= 11 is 0. The summed E-state index contributed by atoms with van der Waals surface area (Å²) in [6.07, 6.45) is 3.35. The summed E-state index contributed by atoms with van der Waals surface area (Å²) in [4.78, 5) is 31.1. The predicted octanol–water partition coefficient (Wildman–Crippen LogP) is 4.35. The highest BCUT2D eigenvalue weighted by molar-refractivity contribution is 6.00. The fraction of sp³-hybridized carbons (Fsp3) is 0.231. The SMILES string of the molecule is Cc1ccc(-n2ncc3cc(N4C(=O)C[C@@H](NC(=O)C(C)(F)F)[C@@H]4c4ccccc4)ccc32)cn1. The Kier molecular flexibility index (Phi) is 5.55. The van der Waals surface area contributed by atoms with Crippen molar-refractivity contribution in [2.24, 2.45) is 0 Å². The number of hydrogen-bond donors (Lipinski definition) is 1. The van der Waals surface area contributed by atoms with Crippen molar-refractivity contribution in [1.29, 1.82) is 0 Å². The highest BCUT2D eigenvalue weighted by Gasteiger charge is 2.45. The molecule has 7 nitrogen and oxygen atoms in total. The summed E-state index contributed by atoms with van der Waals surface area (Å²) in [5.41, 5.74) is 3.87. The minimum atomic E-state index is -3.55. The van der Waals surface area contributed by atoms with E-state index in [-0.39, 0.29) is 12.3 Å². The number of nitrogens with zero attached hydrogens (tertiary/aromatic N) is 4. The fourth-order valence-corrected chi connectivity index (χ4v) is 4.46. The molecule has 1 aliphatic heterocycles. The van der Waals surface area contributed by atoms with Crippen LogP contribution in [0.5, 0.6) is 0 Å². The van der Waals surface area contributed by atoms with Gasteiger partial charge in [0.2, 0.25) is 5.91 Å². The molecule has 0 saturated carbocycles. The average Bonchev–Trinajstić information content (AvgIpc) is 3.39. The fourth-order valence-electron chi connectivity index (χ4n) is 4.46. The zero-order chi connectivity index (χ0) is 24.7. The molecule has 0 radical (unpaired) electrons. The zero-order valence-corrected chi connectivity index (χ0v) is 19.2. The second kappa shape index (κ2) is 8.57. The Morgan fingerprint density at radius 2 is 1.80 bits per heavy atom. The number of carbonyl (C=O) groups is 2. The number of aryl methyl sites for hydroxylation is 1. The molecule has 35 heavy (non-hydrogen) atoms. The molecule has 0 aliphatic carbocycles. The van der Waals surface area contributed by atoms with Crippen molar-refractivity contribution < 1.29 is 18.4 Å². The number of pyridine rings is 1. The van der Waals surface area contributed by atoms with Crippen molar-refractivity contribution in [2.75, 3.05) is 4.90 Å². The molecule has 1 fully saturated rings. The quantitative estimate of drug-likeness (QED) is 0.466. The highest BCUT2D eigenvalue weighted by atomic mass is 19.3. The Balaban J connectivity index is 1.53. The second-order valence-electron chi connectivity index (χ2n) is 8.75. The van der Waals surface area contributed by atoms with Gasteiger partial charge >= 0.3 is 5.92 Å². The number of amides is 2. The van der Waals surface area contributed by atoms with Crippen molar-refractivity contribution in [3.63, 3.8) is 0 Å². The summed E-state index contributed by atoms with van der Waals surface area (Å²) in [5, 5.41) is 7.66. The third-order valence-corrected chi connectivity index (χ3v) is 6.15. The second-order valence-corrected chi connectivity index (χ2v) is 8.75. The molecule has 0 spiro atoms. The van der Waals surface area contributed by atoms with Crippen LogP contribution in [0.15, 0.2) is 73.1 Å². The van der Waals surface area contributed by atoms with Crippen LogP contribution in [0.4, 0.5) is 14.5 Å². The maximum atomic E-state index is 13.6.